The third-order valence-electron chi connectivity index (χ3n) is 3.15. The van der Waals surface area contributed by atoms with Crippen LogP contribution in [0.4, 0.5) is 10.2 Å². The highest BCUT2D eigenvalue weighted by Gasteiger charge is 2.26. The Morgan fingerprint density at radius 3 is 3.00 bits per heavy atom. The molecule has 2 heterocycles. The molecule has 0 bridgehead atoms. The van der Waals surface area contributed by atoms with Crippen LogP contribution >= 0.6 is 0 Å². The maximum absolute atomic E-state index is 13.3. The predicted octanol–water partition coefficient (Wildman–Crippen LogP) is 1.93. The zero-order valence-corrected chi connectivity index (χ0v) is 10.5. The lowest BCUT2D eigenvalue weighted by molar-refractivity contribution is 0.111. The molecule has 18 heavy (non-hydrogen) atoms. The van der Waals surface area contributed by atoms with E-state index < -0.39 is 5.82 Å². The molecule has 0 saturated carbocycles. The van der Waals surface area contributed by atoms with Gasteiger partial charge in [0, 0.05) is 25.4 Å². The second-order valence-corrected chi connectivity index (χ2v) is 4.66. The number of rotatable bonds is 6. The highest BCUT2D eigenvalue weighted by molar-refractivity contribution is 5.75. The first-order valence-electron chi connectivity index (χ1n) is 6.32. The van der Waals surface area contributed by atoms with Gasteiger partial charge in [-0.1, -0.05) is 13.3 Å². The van der Waals surface area contributed by atoms with Crippen molar-refractivity contribution < 1.29 is 9.18 Å². The minimum atomic E-state index is -0.523. The molecule has 0 aromatic carbocycles. The molecular weight excluding hydrogens is 233 g/mol. The van der Waals surface area contributed by atoms with Crippen molar-refractivity contribution in [1.29, 1.82) is 0 Å². The van der Waals surface area contributed by atoms with E-state index in [0.29, 0.717) is 18.1 Å². The summed E-state index contributed by atoms with van der Waals surface area (Å²) in [6.45, 7) is 5.24. The molecule has 1 aliphatic rings. The Balaban J connectivity index is 1.81. The van der Waals surface area contributed by atoms with Gasteiger partial charge in [-0.15, -0.1) is 0 Å². The Bertz CT molecular complexity index is 419. The fourth-order valence-electron chi connectivity index (χ4n) is 2.04. The summed E-state index contributed by atoms with van der Waals surface area (Å²) in [5.74, 6) is -0.0251. The second-order valence-electron chi connectivity index (χ2n) is 4.66. The number of pyridine rings is 1. The van der Waals surface area contributed by atoms with E-state index >= 15 is 0 Å². The van der Waals surface area contributed by atoms with Crippen LogP contribution in [0.15, 0.2) is 12.3 Å². The number of aldehydes is 1. The van der Waals surface area contributed by atoms with Crippen molar-refractivity contribution in [2.75, 3.05) is 25.0 Å². The van der Waals surface area contributed by atoms with Crippen molar-refractivity contribution in [3.63, 3.8) is 0 Å². The Morgan fingerprint density at radius 1 is 1.61 bits per heavy atom. The van der Waals surface area contributed by atoms with E-state index in [2.05, 4.69) is 22.1 Å². The third kappa shape index (κ3) is 3.04. The number of likely N-dealkylation sites (tertiary alicyclic amines) is 1. The number of unbranched alkanes of at least 4 members (excludes halogenated alkanes) is 1. The summed E-state index contributed by atoms with van der Waals surface area (Å²) in [6.07, 6.45) is 4.16. The number of hydrogen-bond donors (Lipinski definition) is 1. The summed E-state index contributed by atoms with van der Waals surface area (Å²) in [4.78, 5) is 16.8. The summed E-state index contributed by atoms with van der Waals surface area (Å²) < 4.78 is 13.3. The normalized spacial score (nSPS) is 16.3. The van der Waals surface area contributed by atoms with Crippen LogP contribution in [-0.2, 0) is 0 Å². The van der Waals surface area contributed by atoms with Gasteiger partial charge in [-0.25, -0.2) is 9.37 Å². The number of anilines is 1. The zero-order chi connectivity index (χ0) is 13.0. The quantitative estimate of drug-likeness (QED) is 0.785. The largest absolute Gasteiger partial charge is 0.365 e. The van der Waals surface area contributed by atoms with Gasteiger partial charge in [0.05, 0.1) is 11.6 Å². The van der Waals surface area contributed by atoms with Crippen LogP contribution < -0.4 is 5.32 Å². The van der Waals surface area contributed by atoms with E-state index in [0.717, 1.165) is 19.6 Å². The molecular formula is C13H18FN3O. The molecule has 0 radical (unpaired) electrons. The highest BCUT2D eigenvalue weighted by atomic mass is 19.1. The average molecular weight is 251 g/mol. The van der Waals surface area contributed by atoms with Crippen molar-refractivity contribution in [2.24, 2.45) is 0 Å². The molecule has 1 aromatic rings. The third-order valence-corrected chi connectivity index (χ3v) is 3.15. The van der Waals surface area contributed by atoms with Gasteiger partial charge in [0.15, 0.2) is 6.29 Å². The van der Waals surface area contributed by atoms with Crippen molar-refractivity contribution in [1.82, 2.24) is 9.88 Å². The summed E-state index contributed by atoms with van der Waals surface area (Å²) in [6, 6.07) is 1.61. The van der Waals surface area contributed by atoms with Crippen molar-refractivity contribution in [2.45, 2.75) is 25.8 Å². The topological polar surface area (TPSA) is 45.2 Å². The van der Waals surface area contributed by atoms with Gasteiger partial charge < -0.3 is 5.32 Å². The minimum absolute atomic E-state index is 0.00117. The number of nitrogens with one attached hydrogen (secondary N) is 1. The molecule has 0 amide bonds. The van der Waals surface area contributed by atoms with Gasteiger partial charge >= 0.3 is 0 Å². The Labute approximate surface area is 106 Å². The SMILES string of the molecule is CCCCN1CC(Nc2cc(F)c(C=O)cn2)C1. The highest BCUT2D eigenvalue weighted by Crippen LogP contribution is 2.16. The van der Waals surface area contributed by atoms with Crippen LogP contribution in [0.1, 0.15) is 30.1 Å². The van der Waals surface area contributed by atoms with Crippen LogP contribution in [0.2, 0.25) is 0 Å². The number of nitrogens with zero attached hydrogens (tertiary/aromatic N) is 2. The maximum atomic E-state index is 13.3. The van der Waals surface area contributed by atoms with E-state index in [9.17, 15) is 9.18 Å². The first kappa shape index (κ1) is 13.0. The fraction of sp³-hybridized carbons (Fsp3) is 0.538. The van der Waals surface area contributed by atoms with Gasteiger partial charge in [-0.3, -0.25) is 9.69 Å². The molecule has 0 spiro atoms. The number of carbonyl (C=O) groups is 1. The van der Waals surface area contributed by atoms with E-state index in [1.807, 2.05) is 0 Å². The molecule has 1 fully saturated rings. The number of halogens is 1. The lowest BCUT2D eigenvalue weighted by Gasteiger charge is -2.39. The molecule has 0 unspecified atom stereocenters. The minimum Gasteiger partial charge on any atom is -0.365 e. The van der Waals surface area contributed by atoms with Crippen molar-refractivity contribution >= 4 is 12.1 Å². The van der Waals surface area contributed by atoms with Crippen LogP contribution in [-0.4, -0.2) is 41.8 Å². The van der Waals surface area contributed by atoms with E-state index in [1.54, 1.807) is 0 Å². The lowest BCUT2D eigenvalue weighted by atomic mass is 10.1. The van der Waals surface area contributed by atoms with Crippen molar-refractivity contribution in [3.8, 4) is 0 Å². The zero-order valence-electron chi connectivity index (χ0n) is 10.5. The molecule has 1 aliphatic heterocycles. The molecule has 0 aliphatic carbocycles. The molecule has 1 saturated heterocycles. The summed E-state index contributed by atoms with van der Waals surface area (Å²) in [7, 11) is 0. The molecule has 2 rings (SSSR count). The van der Waals surface area contributed by atoms with Crippen LogP contribution in [0, 0.1) is 5.82 Å². The number of aromatic nitrogens is 1. The van der Waals surface area contributed by atoms with Crippen molar-refractivity contribution in [3.05, 3.63) is 23.6 Å². The maximum Gasteiger partial charge on any atom is 0.154 e. The number of hydrogen-bond acceptors (Lipinski definition) is 4. The van der Waals surface area contributed by atoms with Gasteiger partial charge in [0.2, 0.25) is 0 Å². The summed E-state index contributed by atoms with van der Waals surface area (Å²) in [5, 5.41) is 3.17. The van der Waals surface area contributed by atoms with Crippen LogP contribution in [0.5, 0.6) is 0 Å². The molecule has 0 atom stereocenters. The molecule has 4 nitrogen and oxygen atoms in total. The van der Waals surface area contributed by atoms with E-state index in [1.165, 1.54) is 25.1 Å². The average Bonchev–Trinajstić information content (AvgIpc) is 2.32. The van der Waals surface area contributed by atoms with Gasteiger partial charge in [-0.05, 0) is 13.0 Å². The smallest absolute Gasteiger partial charge is 0.154 e. The lowest BCUT2D eigenvalue weighted by Crippen LogP contribution is -2.54. The van der Waals surface area contributed by atoms with Crippen LogP contribution in [0.25, 0.3) is 0 Å². The second kappa shape index (κ2) is 5.91. The molecule has 1 N–H and O–H groups in total. The van der Waals surface area contributed by atoms with E-state index in [-0.39, 0.29) is 5.56 Å². The van der Waals surface area contributed by atoms with Gasteiger partial charge in [-0.2, -0.15) is 0 Å². The van der Waals surface area contributed by atoms with Crippen LogP contribution in [0.3, 0.4) is 0 Å². The standard InChI is InChI=1S/C13H18FN3O/c1-2-3-4-17-7-11(8-17)16-13-5-12(14)10(9-18)6-15-13/h5-6,9,11H,2-4,7-8H2,1H3,(H,15,16). The van der Waals surface area contributed by atoms with Gasteiger partial charge in [0.1, 0.15) is 11.6 Å². The number of carbonyl (C=O) groups excluding carboxylic acids is 1. The summed E-state index contributed by atoms with van der Waals surface area (Å²) >= 11 is 0. The monoisotopic (exact) mass is 251 g/mol. The first-order valence-corrected chi connectivity index (χ1v) is 6.32. The van der Waals surface area contributed by atoms with E-state index in [4.69, 9.17) is 0 Å². The summed E-state index contributed by atoms with van der Waals surface area (Å²) in [5.41, 5.74) is -0.00117. The Kier molecular flexibility index (Phi) is 4.25. The first-order chi connectivity index (χ1) is 8.72. The van der Waals surface area contributed by atoms with Gasteiger partial charge in [0.25, 0.3) is 0 Å². The molecule has 98 valence electrons. The fourth-order valence-corrected chi connectivity index (χ4v) is 2.04. The Hall–Kier alpha value is -1.49. The molecule has 5 heteroatoms. The Morgan fingerprint density at radius 2 is 2.39 bits per heavy atom. The molecule has 1 aromatic heterocycles. The predicted molar refractivity (Wildman–Crippen MR) is 68.3 cm³/mol.